The molecule has 0 aliphatic carbocycles. The molecule has 3 unspecified atom stereocenters. The number of carbonyl (C=O) groups is 5. The lowest BCUT2D eigenvalue weighted by Crippen LogP contribution is -2.58. The first-order valence-electron chi connectivity index (χ1n) is 8.25. The molecule has 6 N–H and O–H groups in total. The molecule has 0 saturated heterocycles. The molecular formula is C16H28N4O6. The summed E-state index contributed by atoms with van der Waals surface area (Å²) >= 11 is 0. The van der Waals surface area contributed by atoms with Crippen molar-refractivity contribution in [2.75, 3.05) is 0 Å². The molecule has 0 aliphatic heterocycles. The first-order chi connectivity index (χ1) is 11.9. The fourth-order valence-electron chi connectivity index (χ4n) is 2.19. The molecule has 0 aromatic heterocycles. The third-order valence-electron chi connectivity index (χ3n) is 3.58. The van der Waals surface area contributed by atoms with Crippen LogP contribution in [0.2, 0.25) is 0 Å². The maximum absolute atomic E-state index is 12.4. The lowest BCUT2D eigenvalue weighted by Gasteiger charge is -2.26. The van der Waals surface area contributed by atoms with Gasteiger partial charge in [-0.3, -0.25) is 19.2 Å². The Morgan fingerprint density at radius 2 is 1.35 bits per heavy atom. The molecule has 3 atom stereocenters. The smallest absolute Gasteiger partial charge is 0.326 e. The number of nitrogens with two attached hydrogens (primary N) is 1. The van der Waals surface area contributed by atoms with Crippen molar-refractivity contribution >= 4 is 29.6 Å². The van der Waals surface area contributed by atoms with E-state index < -0.39 is 60.1 Å². The Bertz CT molecular complexity index is 561. The predicted molar refractivity (Wildman–Crippen MR) is 92.6 cm³/mol. The van der Waals surface area contributed by atoms with Crippen LogP contribution in [0, 0.1) is 11.8 Å². The highest BCUT2D eigenvalue weighted by Gasteiger charge is 2.32. The Hall–Kier alpha value is -2.65. The lowest BCUT2D eigenvalue weighted by molar-refractivity contribution is -0.143. The Morgan fingerprint density at radius 3 is 1.69 bits per heavy atom. The number of carboxylic acid groups (broad SMARTS) is 1. The van der Waals surface area contributed by atoms with Gasteiger partial charge < -0.3 is 26.8 Å². The molecule has 0 spiro atoms. The third-order valence-corrected chi connectivity index (χ3v) is 3.58. The predicted octanol–water partition coefficient (Wildman–Crippen LogP) is -1.27. The lowest BCUT2D eigenvalue weighted by atomic mass is 10.0. The van der Waals surface area contributed by atoms with Crippen LogP contribution in [0.25, 0.3) is 0 Å². The summed E-state index contributed by atoms with van der Waals surface area (Å²) in [5.74, 6) is -4.72. The topological polar surface area (TPSA) is 168 Å². The van der Waals surface area contributed by atoms with Gasteiger partial charge in [-0.2, -0.15) is 0 Å². The Labute approximate surface area is 152 Å². The molecular weight excluding hydrogens is 344 g/mol. The zero-order valence-corrected chi connectivity index (χ0v) is 15.7. The second kappa shape index (κ2) is 10.4. The van der Waals surface area contributed by atoms with E-state index in [1.54, 1.807) is 27.7 Å². The summed E-state index contributed by atoms with van der Waals surface area (Å²) < 4.78 is 0. The van der Waals surface area contributed by atoms with Gasteiger partial charge in [-0.25, -0.2) is 4.79 Å². The van der Waals surface area contributed by atoms with Gasteiger partial charge in [0.25, 0.3) is 0 Å². The summed E-state index contributed by atoms with van der Waals surface area (Å²) in [4.78, 5) is 58.5. The van der Waals surface area contributed by atoms with Gasteiger partial charge in [-0.05, 0) is 11.8 Å². The van der Waals surface area contributed by atoms with Crippen LogP contribution in [0.1, 0.15) is 41.0 Å². The molecule has 0 bridgehead atoms. The Balaban J connectivity index is 5.32. The summed E-state index contributed by atoms with van der Waals surface area (Å²) in [5.41, 5.74) is 5.12. The van der Waals surface area contributed by atoms with E-state index in [2.05, 4.69) is 16.0 Å². The summed E-state index contributed by atoms with van der Waals surface area (Å²) in [6.45, 7) is 7.85. The number of primary amides is 1. The van der Waals surface area contributed by atoms with Crippen LogP contribution in [-0.2, 0) is 24.0 Å². The van der Waals surface area contributed by atoms with E-state index >= 15 is 0 Å². The van der Waals surface area contributed by atoms with Crippen molar-refractivity contribution in [2.24, 2.45) is 17.6 Å². The van der Waals surface area contributed by atoms with Gasteiger partial charge in [0.15, 0.2) is 0 Å². The van der Waals surface area contributed by atoms with Crippen LogP contribution in [0.15, 0.2) is 0 Å². The molecule has 0 saturated carbocycles. The van der Waals surface area contributed by atoms with Crippen molar-refractivity contribution in [3.63, 3.8) is 0 Å². The van der Waals surface area contributed by atoms with Crippen molar-refractivity contribution < 1.29 is 29.1 Å². The largest absolute Gasteiger partial charge is 0.480 e. The highest BCUT2D eigenvalue weighted by molar-refractivity contribution is 5.95. The monoisotopic (exact) mass is 372 g/mol. The van der Waals surface area contributed by atoms with Gasteiger partial charge in [-0.15, -0.1) is 0 Å². The number of hydrogen-bond acceptors (Lipinski definition) is 5. The first kappa shape index (κ1) is 23.4. The molecule has 0 heterocycles. The van der Waals surface area contributed by atoms with Crippen LogP contribution >= 0.6 is 0 Å². The van der Waals surface area contributed by atoms with Gasteiger partial charge in [-0.1, -0.05) is 27.7 Å². The standard InChI is InChI=1S/C16H28N4O6/c1-7(2)12(18-9(5)21)15(24)19-10(6-11(17)22)14(23)20-13(8(3)4)16(25)26/h7-8,10,12-13H,6H2,1-5H3,(H2,17,22)(H,18,21)(H,19,24)(H,20,23)(H,25,26). The van der Waals surface area contributed by atoms with Gasteiger partial charge in [0, 0.05) is 6.92 Å². The third kappa shape index (κ3) is 7.95. The van der Waals surface area contributed by atoms with Crippen molar-refractivity contribution in [2.45, 2.75) is 59.2 Å². The number of carbonyl (C=O) groups excluding carboxylic acids is 4. The summed E-state index contributed by atoms with van der Waals surface area (Å²) in [7, 11) is 0. The van der Waals surface area contributed by atoms with E-state index in [1.807, 2.05) is 0 Å². The van der Waals surface area contributed by atoms with Gasteiger partial charge >= 0.3 is 5.97 Å². The van der Waals surface area contributed by atoms with Crippen LogP contribution in [0.4, 0.5) is 0 Å². The van der Waals surface area contributed by atoms with E-state index in [4.69, 9.17) is 10.8 Å². The molecule has 0 radical (unpaired) electrons. The maximum Gasteiger partial charge on any atom is 0.326 e. The number of nitrogens with one attached hydrogen (secondary N) is 3. The highest BCUT2D eigenvalue weighted by Crippen LogP contribution is 2.06. The van der Waals surface area contributed by atoms with Gasteiger partial charge in [0.2, 0.25) is 23.6 Å². The average molecular weight is 372 g/mol. The number of hydrogen-bond donors (Lipinski definition) is 5. The molecule has 0 fully saturated rings. The van der Waals surface area contributed by atoms with Gasteiger partial charge in [0.1, 0.15) is 18.1 Å². The SMILES string of the molecule is CC(=O)NC(C(=O)NC(CC(N)=O)C(=O)NC(C(=O)O)C(C)C)C(C)C. The van der Waals surface area contributed by atoms with Crippen molar-refractivity contribution in [3.05, 3.63) is 0 Å². The van der Waals surface area contributed by atoms with E-state index in [0.29, 0.717) is 0 Å². The highest BCUT2D eigenvalue weighted by atomic mass is 16.4. The second-order valence-electron chi connectivity index (χ2n) is 6.72. The number of carboxylic acids is 1. The molecule has 4 amide bonds. The first-order valence-corrected chi connectivity index (χ1v) is 8.25. The van der Waals surface area contributed by atoms with Crippen LogP contribution < -0.4 is 21.7 Å². The quantitative estimate of drug-likeness (QED) is 0.320. The summed E-state index contributed by atoms with van der Waals surface area (Å²) in [6, 6.07) is -3.46. The van der Waals surface area contributed by atoms with Crippen LogP contribution in [0.5, 0.6) is 0 Å². The van der Waals surface area contributed by atoms with Gasteiger partial charge in [0.05, 0.1) is 6.42 Å². The van der Waals surface area contributed by atoms with E-state index in [0.717, 1.165) is 0 Å². The molecule has 0 aromatic rings. The minimum Gasteiger partial charge on any atom is -0.480 e. The number of amides is 4. The summed E-state index contributed by atoms with van der Waals surface area (Å²) in [5, 5.41) is 16.3. The van der Waals surface area contributed by atoms with Crippen LogP contribution in [0.3, 0.4) is 0 Å². The minimum absolute atomic E-state index is 0.279. The molecule has 0 rings (SSSR count). The van der Waals surface area contributed by atoms with Crippen molar-refractivity contribution in [1.82, 2.24) is 16.0 Å². The minimum atomic E-state index is -1.35. The molecule has 10 heteroatoms. The summed E-state index contributed by atoms with van der Waals surface area (Å²) in [6.07, 6.45) is -0.507. The normalized spacial score (nSPS) is 14.3. The number of aliphatic carboxylic acids is 1. The average Bonchev–Trinajstić information content (AvgIpc) is 2.47. The second-order valence-corrected chi connectivity index (χ2v) is 6.72. The number of rotatable bonds is 10. The van der Waals surface area contributed by atoms with E-state index in [1.165, 1.54) is 6.92 Å². The molecule has 0 aliphatic rings. The Morgan fingerprint density at radius 1 is 0.846 bits per heavy atom. The molecule has 10 nitrogen and oxygen atoms in total. The Kier molecular flexibility index (Phi) is 9.31. The maximum atomic E-state index is 12.4. The van der Waals surface area contributed by atoms with E-state index in [9.17, 15) is 24.0 Å². The van der Waals surface area contributed by atoms with E-state index in [-0.39, 0.29) is 5.92 Å². The van der Waals surface area contributed by atoms with Crippen molar-refractivity contribution in [1.29, 1.82) is 0 Å². The zero-order chi connectivity index (χ0) is 20.6. The van der Waals surface area contributed by atoms with Crippen LogP contribution in [-0.4, -0.2) is 52.8 Å². The zero-order valence-electron chi connectivity index (χ0n) is 15.7. The molecule has 0 aromatic carbocycles. The fourth-order valence-corrected chi connectivity index (χ4v) is 2.19. The molecule has 26 heavy (non-hydrogen) atoms. The van der Waals surface area contributed by atoms with Crippen molar-refractivity contribution in [3.8, 4) is 0 Å². The fraction of sp³-hybridized carbons (Fsp3) is 0.688. The molecule has 148 valence electrons.